The van der Waals surface area contributed by atoms with Gasteiger partial charge >= 0.3 is 6.36 Å². The van der Waals surface area contributed by atoms with Crippen LogP contribution in [0.4, 0.5) is 13.2 Å². The molecule has 0 aliphatic rings. The maximum Gasteiger partial charge on any atom is 0.573 e. The van der Waals surface area contributed by atoms with Crippen LogP contribution in [0.25, 0.3) is 0 Å². The summed E-state index contributed by atoms with van der Waals surface area (Å²) in [6.07, 6.45) is -3.27. The number of hydrogen-bond acceptors (Lipinski definition) is 3. The third-order valence-electron chi connectivity index (χ3n) is 2.53. The van der Waals surface area contributed by atoms with Crippen molar-refractivity contribution < 1.29 is 22.6 Å². The molecule has 0 saturated heterocycles. The fraction of sp³-hybridized carbons (Fsp3) is 0.538. The monoisotopic (exact) mass is 277 g/mol. The second-order valence-corrected chi connectivity index (χ2v) is 4.07. The van der Waals surface area contributed by atoms with E-state index < -0.39 is 6.36 Å². The smallest absolute Gasteiger partial charge is 0.406 e. The zero-order valence-electron chi connectivity index (χ0n) is 10.7. The van der Waals surface area contributed by atoms with Gasteiger partial charge in [0.2, 0.25) is 0 Å². The minimum absolute atomic E-state index is 0.245. The molecule has 3 nitrogen and oxygen atoms in total. The summed E-state index contributed by atoms with van der Waals surface area (Å²) in [5.74, 6) is -0.245. The maximum atomic E-state index is 12.1. The SMILES string of the molecule is CCOCCCC(N)c1cccc(OC(F)(F)F)c1. The lowest BCUT2D eigenvalue weighted by Crippen LogP contribution is -2.18. The summed E-state index contributed by atoms with van der Waals surface area (Å²) in [4.78, 5) is 0. The van der Waals surface area contributed by atoms with Crippen LogP contribution in [-0.4, -0.2) is 19.6 Å². The Kier molecular flexibility index (Phi) is 6.11. The lowest BCUT2D eigenvalue weighted by molar-refractivity contribution is -0.274. The second-order valence-electron chi connectivity index (χ2n) is 4.07. The molecule has 1 rings (SSSR count). The van der Waals surface area contributed by atoms with Gasteiger partial charge in [0.25, 0.3) is 0 Å². The van der Waals surface area contributed by atoms with Gasteiger partial charge in [0.1, 0.15) is 5.75 Å². The van der Waals surface area contributed by atoms with E-state index in [0.717, 1.165) is 6.42 Å². The van der Waals surface area contributed by atoms with E-state index in [1.807, 2.05) is 6.92 Å². The molecular formula is C13H18F3NO2. The minimum atomic E-state index is -4.68. The fourth-order valence-electron chi connectivity index (χ4n) is 1.66. The van der Waals surface area contributed by atoms with Crippen molar-refractivity contribution in [3.05, 3.63) is 29.8 Å². The molecule has 0 aliphatic heterocycles. The van der Waals surface area contributed by atoms with Crippen LogP contribution >= 0.6 is 0 Å². The molecule has 1 atom stereocenters. The molecule has 108 valence electrons. The van der Waals surface area contributed by atoms with Crippen LogP contribution in [0.1, 0.15) is 31.4 Å². The fourth-order valence-corrected chi connectivity index (χ4v) is 1.66. The molecular weight excluding hydrogens is 259 g/mol. The average molecular weight is 277 g/mol. The Morgan fingerprint density at radius 1 is 1.32 bits per heavy atom. The van der Waals surface area contributed by atoms with Crippen LogP contribution in [0.3, 0.4) is 0 Å². The second kappa shape index (κ2) is 7.35. The van der Waals surface area contributed by atoms with Gasteiger partial charge in [-0.3, -0.25) is 0 Å². The zero-order chi connectivity index (χ0) is 14.3. The van der Waals surface area contributed by atoms with E-state index >= 15 is 0 Å². The first-order valence-corrected chi connectivity index (χ1v) is 6.11. The molecule has 0 radical (unpaired) electrons. The van der Waals surface area contributed by atoms with E-state index in [4.69, 9.17) is 10.5 Å². The van der Waals surface area contributed by atoms with Crippen molar-refractivity contribution in [1.29, 1.82) is 0 Å². The first kappa shape index (κ1) is 15.8. The largest absolute Gasteiger partial charge is 0.573 e. The molecule has 0 aromatic heterocycles. The molecule has 6 heteroatoms. The van der Waals surface area contributed by atoms with E-state index in [-0.39, 0.29) is 11.8 Å². The van der Waals surface area contributed by atoms with Crippen LogP contribution < -0.4 is 10.5 Å². The molecule has 1 aromatic rings. The number of rotatable bonds is 7. The summed E-state index contributed by atoms with van der Waals surface area (Å²) in [5, 5.41) is 0. The number of nitrogens with two attached hydrogens (primary N) is 1. The van der Waals surface area contributed by atoms with Gasteiger partial charge in [-0.1, -0.05) is 12.1 Å². The Hall–Kier alpha value is -1.27. The predicted molar refractivity (Wildman–Crippen MR) is 65.8 cm³/mol. The van der Waals surface area contributed by atoms with Gasteiger partial charge in [0.15, 0.2) is 0 Å². The molecule has 0 amide bonds. The standard InChI is InChI=1S/C13H18F3NO2/c1-2-18-8-4-7-12(17)10-5-3-6-11(9-10)19-13(14,15)16/h3,5-6,9,12H,2,4,7-8,17H2,1H3. The number of halogens is 3. The number of alkyl halides is 3. The van der Waals surface area contributed by atoms with Crippen LogP contribution in [0.15, 0.2) is 24.3 Å². The highest BCUT2D eigenvalue weighted by Crippen LogP contribution is 2.26. The average Bonchev–Trinajstić information content (AvgIpc) is 2.32. The first-order valence-electron chi connectivity index (χ1n) is 6.11. The summed E-state index contributed by atoms with van der Waals surface area (Å²) in [7, 11) is 0. The van der Waals surface area contributed by atoms with Gasteiger partial charge < -0.3 is 15.2 Å². The van der Waals surface area contributed by atoms with Crippen molar-refractivity contribution in [2.75, 3.05) is 13.2 Å². The molecule has 1 unspecified atom stereocenters. The van der Waals surface area contributed by atoms with Crippen LogP contribution in [0.2, 0.25) is 0 Å². The summed E-state index contributed by atoms with van der Waals surface area (Å²) >= 11 is 0. The van der Waals surface area contributed by atoms with Crippen molar-refractivity contribution >= 4 is 0 Å². The van der Waals surface area contributed by atoms with E-state index in [9.17, 15) is 13.2 Å². The van der Waals surface area contributed by atoms with Crippen molar-refractivity contribution in [2.24, 2.45) is 5.73 Å². The Morgan fingerprint density at radius 3 is 2.68 bits per heavy atom. The third-order valence-corrected chi connectivity index (χ3v) is 2.53. The highest BCUT2D eigenvalue weighted by molar-refractivity contribution is 5.30. The summed E-state index contributed by atoms with van der Waals surface area (Å²) < 4.78 is 45.3. The normalized spacial score (nSPS) is 13.3. The topological polar surface area (TPSA) is 44.5 Å². The van der Waals surface area contributed by atoms with Gasteiger partial charge in [-0.05, 0) is 37.5 Å². The third kappa shape index (κ3) is 6.45. The molecule has 0 heterocycles. The van der Waals surface area contributed by atoms with Crippen LogP contribution in [-0.2, 0) is 4.74 Å². The van der Waals surface area contributed by atoms with Gasteiger partial charge in [-0.25, -0.2) is 0 Å². The summed E-state index contributed by atoms with van der Waals surface area (Å²) in [5.41, 5.74) is 6.54. The summed E-state index contributed by atoms with van der Waals surface area (Å²) in [6, 6.07) is 5.44. The van der Waals surface area contributed by atoms with E-state index in [1.54, 1.807) is 6.07 Å². The van der Waals surface area contributed by atoms with Crippen molar-refractivity contribution in [2.45, 2.75) is 32.2 Å². The van der Waals surface area contributed by atoms with Crippen molar-refractivity contribution in [1.82, 2.24) is 0 Å². The van der Waals surface area contributed by atoms with Gasteiger partial charge in [0, 0.05) is 19.3 Å². The van der Waals surface area contributed by atoms with Gasteiger partial charge in [-0.15, -0.1) is 13.2 Å². The lowest BCUT2D eigenvalue weighted by Gasteiger charge is -2.14. The van der Waals surface area contributed by atoms with E-state index in [2.05, 4.69) is 4.74 Å². The van der Waals surface area contributed by atoms with Crippen molar-refractivity contribution in [3.8, 4) is 5.75 Å². The van der Waals surface area contributed by atoms with E-state index in [1.165, 1.54) is 18.2 Å². The summed E-state index contributed by atoms with van der Waals surface area (Å²) in [6.45, 7) is 3.14. The molecule has 0 bridgehead atoms. The highest BCUT2D eigenvalue weighted by atomic mass is 19.4. The Bertz CT molecular complexity index is 382. The quantitative estimate of drug-likeness (QED) is 0.777. The number of ether oxygens (including phenoxy) is 2. The first-order chi connectivity index (χ1) is 8.92. The molecule has 0 spiro atoms. The van der Waals surface area contributed by atoms with Gasteiger partial charge in [0.05, 0.1) is 0 Å². The van der Waals surface area contributed by atoms with Gasteiger partial charge in [-0.2, -0.15) is 0 Å². The maximum absolute atomic E-state index is 12.1. The Labute approximate surface area is 110 Å². The van der Waals surface area contributed by atoms with E-state index in [0.29, 0.717) is 25.2 Å². The minimum Gasteiger partial charge on any atom is -0.406 e. The molecule has 0 aliphatic carbocycles. The molecule has 1 aromatic carbocycles. The predicted octanol–water partition coefficient (Wildman–Crippen LogP) is 3.40. The van der Waals surface area contributed by atoms with Crippen molar-refractivity contribution in [3.63, 3.8) is 0 Å². The molecule has 2 N–H and O–H groups in total. The Balaban J connectivity index is 2.55. The molecule has 19 heavy (non-hydrogen) atoms. The Morgan fingerprint density at radius 2 is 2.05 bits per heavy atom. The lowest BCUT2D eigenvalue weighted by atomic mass is 10.0. The molecule has 0 fully saturated rings. The highest BCUT2D eigenvalue weighted by Gasteiger charge is 2.31. The molecule has 0 saturated carbocycles. The number of hydrogen-bond donors (Lipinski definition) is 1. The zero-order valence-corrected chi connectivity index (χ0v) is 10.7. The number of benzene rings is 1. The van der Waals surface area contributed by atoms with Crippen LogP contribution in [0.5, 0.6) is 5.75 Å². The van der Waals surface area contributed by atoms with Crippen LogP contribution in [0, 0.1) is 0 Å².